The molecule has 0 saturated heterocycles. The van der Waals surface area contributed by atoms with Gasteiger partial charge >= 0.3 is 6.18 Å². The van der Waals surface area contributed by atoms with E-state index in [1.807, 2.05) is 6.92 Å². The predicted molar refractivity (Wildman–Crippen MR) is 118 cm³/mol. The number of hydrogen-bond donors (Lipinski definition) is 0. The minimum absolute atomic E-state index is 0.0590. The molecular weight excluding hydrogens is 471 g/mol. The topological polar surface area (TPSA) is 97.8 Å². The normalized spacial score (nSPS) is 14.9. The van der Waals surface area contributed by atoms with E-state index in [4.69, 9.17) is 0 Å². The molecule has 1 aliphatic carbocycles. The number of sulfone groups is 1. The van der Waals surface area contributed by atoms with Crippen molar-refractivity contribution in [3.05, 3.63) is 36.2 Å². The minimum atomic E-state index is -4.55. The average Bonchev–Trinajstić information content (AvgIpc) is 3.37. The Hall–Kier alpha value is -3.22. The Morgan fingerprint density at radius 1 is 1.18 bits per heavy atom. The smallest absolute Gasteiger partial charge is 0.356 e. The van der Waals surface area contributed by atoms with E-state index in [1.54, 1.807) is 12.3 Å². The number of fused-ring (bicyclic) bond motifs is 2. The van der Waals surface area contributed by atoms with Gasteiger partial charge in [-0.2, -0.15) is 22.8 Å². The van der Waals surface area contributed by atoms with Gasteiger partial charge in [0.25, 0.3) is 0 Å². The molecule has 0 aliphatic heterocycles. The van der Waals surface area contributed by atoms with E-state index < -0.39 is 21.6 Å². The second kappa shape index (κ2) is 7.93. The van der Waals surface area contributed by atoms with E-state index >= 15 is 0 Å². The number of hydrogen-bond acceptors (Lipinski definition) is 7. The van der Waals surface area contributed by atoms with E-state index in [1.165, 1.54) is 16.0 Å². The van der Waals surface area contributed by atoms with E-state index in [0.29, 0.717) is 18.3 Å². The average molecular weight is 494 g/mol. The Labute approximate surface area is 193 Å². The monoisotopic (exact) mass is 493 g/mol. The minimum Gasteiger partial charge on any atom is -0.356 e. The van der Waals surface area contributed by atoms with Crippen LogP contribution in [0.4, 0.5) is 19.0 Å². The van der Waals surface area contributed by atoms with E-state index in [2.05, 4.69) is 25.1 Å². The fourth-order valence-corrected chi connectivity index (χ4v) is 4.84. The van der Waals surface area contributed by atoms with Crippen molar-refractivity contribution in [3.63, 3.8) is 0 Å². The first-order chi connectivity index (χ1) is 16.1. The third-order valence-corrected chi connectivity index (χ3v) is 7.55. The Morgan fingerprint density at radius 2 is 1.94 bits per heavy atom. The van der Waals surface area contributed by atoms with Crippen LogP contribution in [0.1, 0.15) is 32.3 Å². The highest BCUT2D eigenvalue weighted by Crippen LogP contribution is 2.35. The van der Waals surface area contributed by atoms with Crippen molar-refractivity contribution in [3.8, 4) is 11.4 Å². The van der Waals surface area contributed by atoms with Gasteiger partial charge < -0.3 is 4.90 Å². The lowest BCUT2D eigenvalue weighted by Gasteiger charge is -2.23. The molecule has 0 bridgehead atoms. The van der Waals surface area contributed by atoms with Crippen LogP contribution in [0.15, 0.2) is 35.6 Å². The summed E-state index contributed by atoms with van der Waals surface area (Å²) in [5.74, 6) is 0.988. The molecule has 0 amide bonds. The van der Waals surface area contributed by atoms with Crippen LogP contribution in [0.3, 0.4) is 0 Å². The van der Waals surface area contributed by atoms with Gasteiger partial charge in [-0.3, -0.25) is 0 Å². The molecule has 0 N–H and O–H groups in total. The standard InChI is InChI=1S/C21H22F3N7O2S/c1-3-29(12-13-5-6-13)16-7-9-25-19-17(20(28-31(16)19)34(32,33)4-2)18-26-15-11-14(21(22,23)24)8-10-30(15)27-18/h7-11,13H,3-6,12H2,1-2H3. The Morgan fingerprint density at radius 3 is 2.59 bits per heavy atom. The largest absolute Gasteiger partial charge is 0.416 e. The lowest BCUT2D eigenvalue weighted by atomic mass is 10.2. The summed E-state index contributed by atoms with van der Waals surface area (Å²) in [6.45, 7) is 5.00. The maximum absolute atomic E-state index is 13.2. The SMILES string of the molecule is CCN(CC1CC1)c1ccnc2c(-c3nc4cc(C(F)(F)F)ccn4n3)c(S(=O)(=O)CC)nn12. The zero-order valence-electron chi connectivity index (χ0n) is 18.5. The molecule has 13 heteroatoms. The zero-order chi connectivity index (χ0) is 24.3. The van der Waals surface area contributed by atoms with Crippen LogP contribution in [0.5, 0.6) is 0 Å². The maximum Gasteiger partial charge on any atom is 0.416 e. The molecule has 0 radical (unpaired) electrons. The lowest BCUT2D eigenvalue weighted by molar-refractivity contribution is -0.137. The summed E-state index contributed by atoms with van der Waals surface area (Å²) in [6.07, 6.45) is 0.453. The van der Waals surface area contributed by atoms with Gasteiger partial charge in [0.1, 0.15) is 11.4 Å². The first-order valence-electron chi connectivity index (χ1n) is 10.9. The van der Waals surface area contributed by atoms with Gasteiger partial charge in [-0.05, 0) is 43.9 Å². The molecule has 1 aliphatic rings. The zero-order valence-corrected chi connectivity index (χ0v) is 19.3. The molecule has 5 rings (SSSR count). The van der Waals surface area contributed by atoms with Gasteiger partial charge in [0.2, 0.25) is 0 Å². The maximum atomic E-state index is 13.2. The van der Waals surface area contributed by atoms with Crippen LogP contribution in [-0.4, -0.2) is 56.5 Å². The number of nitrogens with zero attached hydrogens (tertiary/aromatic N) is 7. The highest BCUT2D eigenvalue weighted by Gasteiger charge is 2.33. The summed E-state index contributed by atoms with van der Waals surface area (Å²) in [5, 5.41) is 8.42. The van der Waals surface area contributed by atoms with E-state index in [0.717, 1.165) is 37.7 Å². The molecule has 4 aromatic rings. The van der Waals surface area contributed by atoms with Crippen molar-refractivity contribution in [1.82, 2.24) is 29.2 Å². The summed E-state index contributed by atoms with van der Waals surface area (Å²) in [5.41, 5.74) is -0.641. The van der Waals surface area contributed by atoms with Crippen molar-refractivity contribution in [2.75, 3.05) is 23.7 Å². The summed E-state index contributed by atoms with van der Waals surface area (Å²) in [7, 11) is -3.83. The molecule has 1 fully saturated rings. The molecule has 1 saturated carbocycles. The Kier molecular flexibility index (Phi) is 5.26. The quantitative estimate of drug-likeness (QED) is 0.389. The van der Waals surface area contributed by atoms with Crippen molar-refractivity contribution in [2.24, 2.45) is 5.92 Å². The van der Waals surface area contributed by atoms with Crippen LogP contribution in [0.25, 0.3) is 22.7 Å². The lowest BCUT2D eigenvalue weighted by Crippen LogP contribution is -2.27. The van der Waals surface area contributed by atoms with Crippen LogP contribution >= 0.6 is 0 Å². The second-order valence-corrected chi connectivity index (χ2v) is 10.4. The van der Waals surface area contributed by atoms with E-state index in [-0.39, 0.29) is 33.5 Å². The molecule has 0 aromatic carbocycles. The number of anilines is 1. The summed E-state index contributed by atoms with van der Waals surface area (Å²) in [4.78, 5) is 10.7. The fraction of sp³-hybridized carbons (Fsp3) is 0.429. The first-order valence-corrected chi connectivity index (χ1v) is 12.6. The van der Waals surface area contributed by atoms with Crippen molar-refractivity contribution in [2.45, 2.75) is 37.9 Å². The number of aromatic nitrogens is 6. The molecule has 0 unspecified atom stereocenters. The van der Waals surface area contributed by atoms with Gasteiger partial charge in [-0.25, -0.2) is 22.9 Å². The molecular formula is C21H22F3N7O2S. The highest BCUT2D eigenvalue weighted by atomic mass is 32.2. The number of rotatable bonds is 7. The van der Waals surface area contributed by atoms with Crippen LogP contribution < -0.4 is 4.90 Å². The third kappa shape index (κ3) is 3.87. The van der Waals surface area contributed by atoms with Crippen molar-refractivity contribution < 1.29 is 21.6 Å². The van der Waals surface area contributed by atoms with Crippen LogP contribution in [0, 0.1) is 5.92 Å². The van der Waals surface area contributed by atoms with Crippen molar-refractivity contribution in [1.29, 1.82) is 0 Å². The Bertz CT molecular complexity index is 1490. The molecule has 9 nitrogen and oxygen atoms in total. The van der Waals surface area contributed by atoms with Gasteiger partial charge in [-0.1, -0.05) is 6.92 Å². The van der Waals surface area contributed by atoms with Gasteiger partial charge in [0.15, 0.2) is 32.0 Å². The Balaban J connectivity index is 1.74. The third-order valence-electron chi connectivity index (χ3n) is 5.91. The summed E-state index contributed by atoms with van der Waals surface area (Å²) < 4.78 is 68.1. The summed E-state index contributed by atoms with van der Waals surface area (Å²) in [6, 6.07) is 3.52. The molecule has 4 aromatic heterocycles. The molecule has 180 valence electrons. The van der Waals surface area contributed by atoms with Crippen LogP contribution in [-0.2, 0) is 16.0 Å². The van der Waals surface area contributed by atoms with Gasteiger partial charge in [-0.15, -0.1) is 5.10 Å². The predicted octanol–water partition coefficient (Wildman–Crippen LogP) is 3.49. The second-order valence-electron chi connectivity index (χ2n) is 8.26. The number of halogens is 3. The van der Waals surface area contributed by atoms with E-state index in [9.17, 15) is 21.6 Å². The first kappa shape index (κ1) is 22.6. The fourth-order valence-electron chi connectivity index (χ4n) is 3.86. The van der Waals surface area contributed by atoms with Crippen LogP contribution in [0.2, 0.25) is 0 Å². The molecule has 0 spiro atoms. The summed E-state index contributed by atoms with van der Waals surface area (Å²) >= 11 is 0. The van der Waals surface area contributed by atoms with Gasteiger partial charge in [0.05, 0.1) is 11.3 Å². The molecule has 34 heavy (non-hydrogen) atoms. The number of alkyl halides is 3. The molecule has 0 atom stereocenters. The van der Waals surface area contributed by atoms with Gasteiger partial charge in [0, 0.05) is 25.5 Å². The highest BCUT2D eigenvalue weighted by molar-refractivity contribution is 7.91. The van der Waals surface area contributed by atoms with Crippen molar-refractivity contribution >= 4 is 26.9 Å². The number of pyridine rings is 1. The molecule has 4 heterocycles.